The zero-order valence-corrected chi connectivity index (χ0v) is 18.9. The van der Waals surface area contributed by atoms with Crippen LogP contribution in [0.4, 0.5) is 0 Å². The summed E-state index contributed by atoms with van der Waals surface area (Å²) in [6, 6.07) is 4.82. The average molecular weight is 448 g/mol. The van der Waals surface area contributed by atoms with Crippen LogP contribution in [-0.2, 0) is 14.4 Å². The first-order valence-corrected chi connectivity index (χ1v) is 10.8. The fourth-order valence-electron chi connectivity index (χ4n) is 3.13. The second-order valence-electron chi connectivity index (χ2n) is 7.96. The molecule has 4 N–H and O–H groups in total. The van der Waals surface area contributed by atoms with Gasteiger partial charge in [0.15, 0.2) is 0 Å². The molecule has 10 heteroatoms. The lowest BCUT2D eigenvalue weighted by Crippen LogP contribution is -2.51. The molecule has 0 aliphatic carbocycles. The molecule has 1 aromatic rings. The van der Waals surface area contributed by atoms with E-state index in [9.17, 15) is 19.2 Å². The minimum absolute atomic E-state index is 0.269. The third-order valence-corrected chi connectivity index (χ3v) is 4.87. The Morgan fingerprint density at radius 1 is 1.19 bits per heavy atom. The number of para-hydroxylation sites is 1. The number of fused-ring (bicyclic) bond motifs is 1. The molecule has 0 bridgehead atoms. The monoisotopic (exact) mass is 447 g/mol. The first kappa shape index (κ1) is 25.1. The Bertz CT molecular complexity index is 814. The molecular formula is C22H33N5O5. The Morgan fingerprint density at radius 2 is 1.94 bits per heavy atom. The number of benzene rings is 1. The molecule has 1 aliphatic heterocycles. The van der Waals surface area contributed by atoms with Crippen molar-refractivity contribution in [2.75, 3.05) is 40.3 Å². The van der Waals surface area contributed by atoms with Crippen LogP contribution in [0.25, 0.3) is 0 Å². The summed E-state index contributed by atoms with van der Waals surface area (Å²) in [4.78, 5) is 52.4. The normalized spacial score (nSPS) is 20.6. The zero-order valence-electron chi connectivity index (χ0n) is 18.9. The highest BCUT2D eigenvalue weighted by molar-refractivity contribution is 6.01. The number of carbonyl (C=O) groups excluding carboxylic acids is 4. The fourth-order valence-corrected chi connectivity index (χ4v) is 3.13. The van der Waals surface area contributed by atoms with Crippen LogP contribution in [0.15, 0.2) is 24.3 Å². The molecule has 1 heterocycles. The molecule has 176 valence electrons. The Kier molecular flexibility index (Phi) is 9.93. The van der Waals surface area contributed by atoms with E-state index in [1.54, 1.807) is 31.2 Å². The Hall–Kier alpha value is -3.14. The lowest BCUT2D eigenvalue weighted by Gasteiger charge is -2.20. The number of rotatable bonds is 5. The molecule has 0 unspecified atom stereocenters. The maximum absolute atomic E-state index is 12.9. The van der Waals surface area contributed by atoms with Gasteiger partial charge in [-0.1, -0.05) is 12.1 Å². The van der Waals surface area contributed by atoms with Crippen LogP contribution in [-0.4, -0.2) is 80.9 Å². The number of hydrogen-bond donors (Lipinski definition) is 4. The maximum Gasteiger partial charge on any atom is 0.255 e. The highest BCUT2D eigenvalue weighted by atomic mass is 16.5. The number of nitrogens with one attached hydrogen (secondary N) is 4. The van der Waals surface area contributed by atoms with Crippen molar-refractivity contribution in [3.05, 3.63) is 29.8 Å². The van der Waals surface area contributed by atoms with Gasteiger partial charge in [-0.2, -0.15) is 0 Å². The molecule has 4 amide bonds. The van der Waals surface area contributed by atoms with Gasteiger partial charge in [-0.3, -0.25) is 19.2 Å². The first-order chi connectivity index (χ1) is 15.3. The van der Waals surface area contributed by atoms with Crippen LogP contribution >= 0.6 is 0 Å². The van der Waals surface area contributed by atoms with E-state index in [0.29, 0.717) is 31.9 Å². The predicted molar refractivity (Wildman–Crippen MR) is 119 cm³/mol. The number of nitrogens with zero attached hydrogens (tertiary/aromatic N) is 1. The minimum atomic E-state index is -1.10. The molecule has 32 heavy (non-hydrogen) atoms. The van der Waals surface area contributed by atoms with E-state index in [4.69, 9.17) is 4.74 Å². The van der Waals surface area contributed by atoms with E-state index in [-0.39, 0.29) is 17.9 Å². The van der Waals surface area contributed by atoms with Gasteiger partial charge in [-0.25, -0.2) is 0 Å². The van der Waals surface area contributed by atoms with Crippen molar-refractivity contribution in [2.24, 2.45) is 0 Å². The van der Waals surface area contributed by atoms with Crippen molar-refractivity contribution in [2.45, 2.75) is 38.3 Å². The summed E-state index contributed by atoms with van der Waals surface area (Å²) < 4.78 is 5.71. The van der Waals surface area contributed by atoms with Crippen LogP contribution in [0.2, 0.25) is 0 Å². The van der Waals surface area contributed by atoms with E-state index < -0.39 is 29.8 Å². The van der Waals surface area contributed by atoms with Crippen molar-refractivity contribution in [3.8, 4) is 5.75 Å². The summed E-state index contributed by atoms with van der Waals surface area (Å²) in [7, 11) is 3.87. The molecule has 0 saturated carbocycles. The number of carbonyl (C=O) groups is 4. The van der Waals surface area contributed by atoms with E-state index in [1.807, 2.05) is 19.0 Å². The van der Waals surface area contributed by atoms with Crippen LogP contribution in [0, 0.1) is 0 Å². The van der Waals surface area contributed by atoms with E-state index >= 15 is 0 Å². The Balaban J connectivity index is 2.19. The molecule has 1 aromatic carbocycles. The topological polar surface area (TPSA) is 129 Å². The summed E-state index contributed by atoms with van der Waals surface area (Å²) in [6.45, 7) is 3.41. The van der Waals surface area contributed by atoms with Gasteiger partial charge in [0, 0.05) is 13.1 Å². The average Bonchev–Trinajstić information content (AvgIpc) is 2.75. The summed E-state index contributed by atoms with van der Waals surface area (Å²) in [5.74, 6) is -1.46. The van der Waals surface area contributed by atoms with Gasteiger partial charge >= 0.3 is 0 Å². The molecule has 0 fully saturated rings. The standard InChI is InChI=1S/C22H33N5O5/c1-15-20(29)23-11-7-13-32-18-9-5-4-8-16(18)21(30)26-17(14-19(28)25-15)22(31)24-10-6-12-27(2)3/h4-5,8-9,15,17H,6-7,10-14H2,1-3H3,(H,23,29)(H,24,31)(H,25,28)(H,26,30)/t15-,17-/m0/s1. The highest BCUT2D eigenvalue weighted by Crippen LogP contribution is 2.18. The van der Waals surface area contributed by atoms with Crippen molar-refractivity contribution >= 4 is 23.6 Å². The van der Waals surface area contributed by atoms with Crippen LogP contribution < -0.4 is 26.0 Å². The van der Waals surface area contributed by atoms with Gasteiger partial charge in [-0.15, -0.1) is 0 Å². The molecule has 0 spiro atoms. The summed E-state index contributed by atoms with van der Waals surface area (Å²) in [5, 5.41) is 10.7. The molecule has 0 saturated heterocycles. The molecule has 0 aromatic heterocycles. The zero-order chi connectivity index (χ0) is 23.5. The number of hydrogen-bond acceptors (Lipinski definition) is 6. The van der Waals surface area contributed by atoms with Crippen molar-refractivity contribution in [3.63, 3.8) is 0 Å². The first-order valence-electron chi connectivity index (χ1n) is 10.8. The third kappa shape index (κ3) is 8.18. The summed E-state index contributed by atoms with van der Waals surface area (Å²) in [5.41, 5.74) is 0.269. The van der Waals surface area contributed by atoms with Gasteiger partial charge in [0.2, 0.25) is 17.7 Å². The largest absolute Gasteiger partial charge is 0.493 e. The molecule has 2 atom stereocenters. The van der Waals surface area contributed by atoms with Crippen molar-refractivity contribution in [1.82, 2.24) is 26.2 Å². The maximum atomic E-state index is 12.9. The van der Waals surface area contributed by atoms with Crippen molar-refractivity contribution in [1.29, 1.82) is 0 Å². The van der Waals surface area contributed by atoms with Crippen molar-refractivity contribution < 1.29 is 23.9 Å². The number of ether oxygens (including phenoxy) is 1. The SMILES string of the molecule is C[C@@H]1NC(=O)C[C@@H](C(=O)NCCCN(C)C)NC(=O)c2ccccc2OCCCNC1=O. The van der Waals surface area contributed by atoms with Gasteiger partial charge in [0.05, 0.1) is 18.6 Å². The van der Waals surface area contributed by atoms with Crippen LogP contribution in [0.1, 0.15) is 36.5 Å². The van der Waals surface area contributed by atoms with Crippen LogP contribution in [0.5, 0.6) is 5.75 Å². The molecule has 0 radical (unpaired) electrons. The predicted octanol–water partition coefficient (Wildman–Crippen LogP) is -0.354. The highest BCUT2D eigenvalue weighted by Gasteiger charge is 2.27. The number of amides is 4. The summed E-state index contributed by atoms with van der Waals surface area (Å²) >= 11 is 0. The fraction of sp³-hybridized carbons (Fsp3) is 0.545. The van der Waals surface area contributed by atoms with Gasteiger partial charge in [-0.05, 0) is 52.5 Å². The van der Waals surface area contributed by atoms with E-state index in [1.165, 1.54) is 0 Å². The van der Waals surface area contributed by atoms with E-state index in [2.05, 4.69) is 21.3 Å². The lowest BCUT2D eigenvalue weighted by atomic mass is 10.1. The molecule has 1 aliphatic rings. The molecule has 10 nitrogen and oxygen atoms in total. The summed E-state index contributed by atoms with van der Waals surface area (Å²) in [6.07, 6.45) is 0.950. The Labute approximate surface area is 188 Å². The quantitative estimate of drug-likeness (QED) is 0.457. The van der Waals surface area contributed by atoms with Gasteiger partial charge in [0.25, 0.3) is 5.91 Å². The lowest BCUT2D eigenvalue weighted by molar-refractivity contribution is -0.130. The second kappa shape index (κ2) is 12.7. The smallest absolute Gasteiger partial charge is 0.255 e. The minimum Gasteiger partial charge on any atom is -0.493 e. The molecule has 2 rings (SSSR count). The Morgan fingerprint density at radius 3 is 2.69 bits per heavy atom. The van der Waals surface area contributed by atoms with Gasteiger partial charge < -0.3 is 30.9 Å². The molecular weight excluding hydrogens is 414 g/mol. The third-order valence-electron chi connectivity index (χ3n) is 4.87. The van der Waals surface area contributed by atoms with Crippen LogP contribution in [0.3, 0.4) is 0 Å². The second-order valence-corrected chi connectivity index (χ2v) is 7.96. The van der Waals surface area contributed by atoms with E-state index in [0.717, 1.165) is 13.0 Å². The van der Waals surface area contributed by atoms with Gasteiger partial charge in [0.1, 0.15) is 17.8 Å².